The van der Waals surface area contributed by atoms with Gasteiger partial charge in [-0.2, -0.15) is 0 Å². The summed E-state index contributed by atoms with van der Waals surface area (Å²) in [6.45, 7) is 4.19. The Morgan fingerprint density at radius 2 is 2.25 bits per heavy atom. The molecule has 1 aromatic carbocycles. The van der Waals surface area contributed by atoms with E-state index in [9.17, 15) is 4.79 Å². The van der Waals surface area contributed by atoms with Crippen molar-refractivity contribution in [2.45, 2.75) is 6.10 Å². The molecular weight excluding hydrogens is 206 g/mol. The van der Waals surface area contributed by atoms with Gasteiger partial charge in [-0.1, -0.05) is 18.2 Å². The topological polar surface area (TPSA) is 47.6 Å². The summed E-state index contributed by atoms with van der Waals surface area (Å²) in [4.78, 5) is 11.6. The molecule has 1 aliphatic rings. The number of amides is 1. The maximum absolute atomic E-state index is 11.6. The third-order valence-corrected chi connectivity index (χ3v) is 2.22. The van der Waals surface area contributed by atoms with Gasteiger partial charge in [0, 0.05) is 6.54 Å². The molecule has 0 aromatic heterocycles. The fraction of sp³-hybridized carbons (Fsp3) is 0.250. The third-order valence-electron chi connectivity index (χ3n) is 2.22. The highest BCUT2D eigenvalue weighted by atomic mass is 16.6. The maximum Gasteiger partial charge on any atom is 0.264 e. The Balaban J connectivity index is 2.02. The van der Waals surface area contributed by atoms with Gasteiger partial charge in [0.25, 0.3) is 5.91 Å². The average molecular weight is 219 g/mol. The standard InChI is InChI=1S/C12H13NO3/c1-2-7-13-12(14)11-8-15-9-5-3-4-6-10(9)16-11/h2-6,11H,1,7-8H2,(H,13,14)/t11-/m1/s1. The number of carbonyl (C=O) groups excluding carboxylic acids is 1. The SMILES string of the molecule is C=CCNC(=O)[C@H]1COc2ccccc2O1. The van der Waals surface area contributed by atoms with Crippen LogP contribution in [0.3, 0.4) is 0 Å². The second kappa shape index (κ2) is 4.70. The normalized spacial score (nSPS) is 17.6. The van der Waals surface area contributed by atoms with Crippen LogP contribution in [-0.2, 0) is 4.79 Å². The van der Waals surface area contributed by atoms with E-state index in [4.69, 9.17) is 9.47 Å². The molecule has 1 heterocycles. The molecule has 0 spiro atoms. The minimum atomic E-state index is -0.588. The largest absolute Gasteiger partial charge is 0.485 e. The predicted molar refractivity (Wildman–Crippen MR) is 59.6 cm³/mol. The third kappa shape index (κ3) is 2.16. The Morgan fingerprint density at radius 3 is 3.00 bits per heavy atom. The molecule has 0 saturated carbocycles. The molecule has 2 rings (SSSR count). The van der Waals surface area contributed by atoms with Crippen LogP contribution in [0.4, 0.5) is 0 Å². The van der Waals surface area contributed by atoms with Crippen molar-refractivity contribution in [1.29, 1.82) is 0 Å². The number of ether oxygens (including phenoxy) is 2. The maximum atomic E-state index is 11.6. The number of benzene rings is 1. The number of para-hydroxylation sites is 2. The summed E-state index contributed by atoms with van der Waals surface area (Å²) >= 11 is 0. The van der Waals surface area contributed by atoms with E-state index in [0.717, 1.165) is 0 Å². The van der Waals surface area contributed by atoms with Crippen molar-refractivity contribution in [3.63, 3.8) is 0 Å². The lowest BCUT2D eigenvalue weighted by Crippen LogP contribution is -2.43. The highest BCUT2D eigenvalue weighted by molar-refractivity contribution is 5.81. The molecule has 1 atom stereocenters. The molecule has 4 heteroatoms. The smallest absolute Gasteiger partial charge is 0.264 e. The lowest BCUT2D eigenvalue weighted by Gasteiger charge is -2.25. The van der Waals surface area contributed by atoms with Crippen molar-refractivity contribution < 1.29 is 14.3 Å². The minimum absolute atomic E-state index is 0.186. The first kappa shape index (κ1) is 10.5. The summed E-state index contributed by atoms with van der Waals surface area (Å²) in [5.74, 6) is 1.09. The van der Waals surface area contributed by atoms with E-state index >= 15 is 0 Å². The van der Waals surface area contributed by atoms with Gasteiger partial charge in [0.2, 0.25) is 6.10 Å². The fourth-order valence-electron chi connectivity index (χ4n) is 1.44. The molecule has 4 nitrogen and oxygen atoms in total. The molecule has 0 saturated heterocycles. The van der Waals surface area contributed by atoms with Crippen LogP contribution in [0.2, 0.25) is 0 Å². The van der Waals surface area contributed by atoms with Crippen LogP contribution in [0.15, 0.2) is 36.9 Å². The Morgan fingerprint density at radius 1 is 1.50 bits per heavy atom. The van der Waals surface area contributed by atoms with Gasteiger partial charge in [-0.05, 0) is 12.1 Å². The molecule has 0 unspecified atom stereocenters. The molecule has 0 bridgehead atoms. The summed E-state index contributed by atoms with van der Waals surface area (Å²) < 4.78 is 10.9. The quantitative estimate of drug-likeness (QED) is 0.775. The van der Waals surface area contributed by atoms with Crippen molar-refractivity contribution >= 4 is 5.91 Å². The molecule has 1 N–H and O–H groups in total. The highest BCUT2D eigenvalue weighted by Crippen LogP contribution is 2.30. The van der Waals surface area contributed by atoms with Gasteiger partial charge in [-0.15, -0.1) is 6.58 Å². The van der Waals surface area contributed by atoms with Crippen molar-refractivity contribution in [3.8, 4) is 11.5 Å². The van der Waals surface area contributed by atoms with Crippen molar-refractivity contribution in [1.82, 2.24) is 5.32 Å². The zero-order chi connectivity index (χ0) is 11.4. The molecule has 1 aliphatic heterocycles. The molecular formula is C12H13NO3. The molecule has 0 radical (unpaired) electrons. The van der Waals surface area contributed by atoms with E-state index < -0.39 is 6.10 Å². The van der Waals surface area contributed by atoms with Crippen LogP contribution in [-0.4, -0.2) is 25.2 Å². The number of hydrogen-bond donors (Lipinski definition) is 1. The molecule has 84 valence electrons. The molecule has 1 amide bonds. The lowest BCUT2D eigenvalue weighted by atomic mass is 10.2. The molecule has 0 fully saturated rings. The summed E-state index contributed by atoms with van der Waals surface area (Å²) in [6.07, 6.45) is 1.03. The van der Waals surface area contributed by atoms with Crippen LogP contribution < -0.4 is 14.8 Å². The fourth-order valence-corrected chi connectivity index (χ4v) is 1.44. The number of carbonyl (C=O) groups is 1. The van der Waals surface area contributed by atoms with Gasteiger partial charge in [-0.3, -0.25) is 4.79 Å². The van der Waals surface area contributed by atoms with Gasteiger partial charge >= 0.3 is 0 Å². The van der Waals surface area contributed by atoms with E-state index in [0.29, 0.717) is 18.0 Å². The number of rotatable bonds is 3. The van der Waals surface area contributed by atoms with Gasteiger partial charge < -0.3 is 14.8 Å². The summed E-state index contributed by atoms with van der Waals surface area (Å²) in [7, 11) is 0. The van der Waals surface area contributed by atoms with Crippen LogP contribution in [0.25, 0.3) is 0 Å². The van der Waals surface area contributed by atoms with Crippen molar-refractivity contribution in [3.05, 3.63) is 36.9 Å². The van der Waals surface area contributed by atoms with E-state index in [1.54, 1.807) is 12.1 Å². The number of hydrogen-bond acceptors (Lipinski definition) is 3. The minimum Gasteiger partial charge on any atom is -0.485 e. The van der Waals surface area contributed by atoms with Crippen LogP contribution in [0.1, 0.15) is 0 Å². The molecule has 0 aliphatic carbocycles. The summed E-state index contributed by atoms with van der Waals surface area (Å²) in [5, 5.41) is 2.67. The molecule has 16 heavy (non-hydrogen) atoms. The van der Waals surface area contributed by atoms with Crippen molar-refractivity contribution in [2.75, 3.05) is 13.2 Å². The highest BCUT2D eigenvalue weighted by Gasteiger charge is 2.26. The average Bonchev–Trinajstić information content (AvgIpc) is 2.35. The van der Waals surface area contributed by atoms with Crippen molar-refractivity contribution in [2.24, 2.45) is 0 Å². The second-order valence-corrected chi connectivity index (χ2v) is 3.40. The predicted octanol–water partition coefficient (Wildman–Crippen LogP) is 1.13. The van der Waals surface area contributed by atoms with Gasteiger partial charge in [0.1, 0.15) is 6.61 Å². The zero-order valence-corrected chi connectivity index (χ0v) is 8.81. The van der Waals surface area contributed by atoms with Crippen LogP contribution in [0, 0.1) is 0 Å². The summed E-state index contributed by atoms with van der Waals surface area (Å²) in [6, 6.07) is 7.29. The first-order valence-corrected chi connectivity index (χ1v) is 5.08. The van der Waals surface area contributed by atoms with Crippen LogP contribution >= 0.6 is 0 Å². The van der Waals surface area contributed by atoms with E-state index in [1.807, 2.05) is 18.2 Å². The van der Waals surface area contributed by atoms with Gasteiger partial charge in [0.15, 0.2) is 11.5 Å². The number of nitrogens with one attached hydrogen (secondary N) is 1. The Kier molecular flexibility index (Phi) is 3.10. The summed E-state index contributed by atoms with van der Waals surface area (Å²) in [5.41, 5.74) is 0. The lowest BCUT2D eigenvalue weighted by molar-refractivity contribution is -0.130. The van der Waals surface area contributed by atoms with Gasteiger partial charge in [-0.25, -0.2) is 0 Å². The Bertz CT molecular complexity index is 403. The van der Waals surface area contributed by atoms with Gasteiger partial charge in [0.05, 0.1) is 0 Å². The Labute approximate surface area is 93.9 Å². The van der Waals surface area contributed by atoms with Crippen LogP contribution in [0.5, 0.6) is 11.5 Å². The Hall–Kier alpha value is -1.97. The first-order valence-electron chi connectivity index (χ1n) is 5.08. The zero-order valence-electron chi connectivity index (χ0n) is 8.81. The van der Waals surface area contributed by atoms with E-state index in [2.05, 4.69) is 11.9 Å². The van der Waals surface area contributed by atoms with E-state index in [1.165, 1.54) is 0 Å². The second-order valence-electron chi connectivity index (χ2n) is 3.40. The first-order chi connectivity index (χ1) is 7.81. The number of fused-ring (bicyclic) bond motifs is 1. The van der Waals surface area contributed by atoms with E-state index in [-0.39, 0.29) is 12.5 Å². The monoisotopic (exact) mass is 219 g/mol. The molecule has 1 aromatic rings.